The molecule has 2 saturated heterocycles. The van der Waals surface area contributed by atoms with Crippen LogP contribution in [0.5, 0.6) is 5.75 Å². The number of carboxylic acid groups (broad SMARTS) is 1. The summed E-state index contributed by atoms with van der Waals surface area (Å²) in [6, 6.07) is 38.4. The fourth-order valence-corrected chi connectivity index (χ4v) is 10.0. The molecule has 2 N–H and O–H groups in total. The van der Waals surface area contributed by atoms with Crippen LogP contribution < -0.4 is 9.64 Å². The number of nitrogens with zero attached hydrogens (tertiary/aromatic N) is 6. The van der Waals surface area contributed by atoms with E-state index >= 15 is 4.79 Å². The highest BCUT2D eigenvalue weighted by Gasteiger charge is 2.76. The lowest BCUT2D eigenvalue weighted by atomic mass is 9.65. The Hall–Kier alpha value is -8.72. The average Bonchev–Trinajstić information content (AvgIpc) is 4.02. The predicted octanol–water partition coefficient (Wildman–Crippen LogP) is 6.85. The second kappa shape index (κ2) is 18.2. The number of cyclic esters (lactones) is 1. The summed E-state index contributed by atoms with van der Waals surface area (Å²) in [5, 5.41) is 41.0. The average molecular weight is 925 g/mol. The summed E-state index contributed by atoms with van der Waals surface area (Å²) in [6.07, 6.45) is -2.15. The fraction of sp³-hybridized carbons (Fsp3) is 0.192. The lowest BCUT2D eigenvalue weighted by Crippen LogP contribution is -2.53. The number of carbonyl (C=O) groups excluding carboxylic acids is 3. The lowest BCUT2D eigenvalue weighted by molar-refractivity contribution is -0.384. The number of carboxylic acids is 1. The smallest absolute Gasteiger partial charge is 0.421 e. The number of benzene rings is 6. The number of ether oxygens (including phenoxy) is 3. The lowest BCUT2D eigenvalue weighted by Gasteiger charge is -2.46. The minimum absolute atomic E-state index is 0.00440. The van der Waals surface area contributed by atoms with E-state index in [9.17, 15) is 34.7 Å². The van der Waals surface area contributed by atoms with Crippen LogP contribution in [0.4, 0.5) is 16.2 Å². The van der Waals surface area contributed by atoms with Crippen LogP contribution >= 0.6 is 0 Å². The van der Waals surface area contributed by atoms with Gasteiger partial charge in [0.25, 0.3) is 5.69 Å². The number of aromatic nitrogens is 3. The number of carbonyl (C=O) groups is 4. The molecular weight excluding hydrogens is 885 g/mol. The second-order valence-electron chi connectivity index (χ2n) is 16.6. The molecule has 6 unspecified atom stereocenters. The molecule has 6 aromatic carbocycles. The number of imide groups is 1. The zero-order valence-electron chi connectivity index (χ0n) is 36.4. The highest BCUT2D eigenvalue weighted by atomic mass is 16.6. The number of rotatable bonds is 11. The molecule has 2 fully saturated rings. The minimum Gasteiger partial charge on any atom is -0.491 e. The number of esters is 1. The van der Waals surface area contributed by atoms with Crippen molar-refractivity contribution < 1.29 is 48.5 Å². The zero-order chi connectivity index (χ0) is 47.8. The number of fused-ring (bicyclic) bond motifs is 4. The van der Waals surface area contributed by atoms with Crippen molar-refractivity contribution in [1.29, 1.82) is 0 Å². The van der Waals surface area contributed by atoms with Crippen molar-refractivity contribution in [3.63, 3.8) is 0 Å². The van der Waals surface area contributed by atoms with Crippen molar-refractivity contribution >= 4 is 46.3 Å². The number of aliphatic hydroxyl groups excluding tert-OH is 1. The van der Waals surface area contributed by atoms with Gasteiger partial charge in [-0.3, -0.25) is 29.4 Å². The first-order valence-electron chi connectivity index (χ1n) is 21.9. The number of aliphatic carboxylic acids is 1. The fourth-order valence-electron chi connectivity index (χ4n) is 10.0. The molecule has 0 aliphatic carbocycles. The Morgan fingerprint density at radius 1 is 0.826 bits per heavy atom. The SMILES string of the molecule is O=C1OC(c2ccccc2)C(c2ccccc2)N2C1C(C(=O)O)C1(C(=O)N(C(=O)OCc3ccc([N+](=O)[O-])cc3)c3ccc(C#CCn4nnc5ccccc54)cc31)C2c1ccc(OCCO)cc1. The number of hydrogen-bond acceptors (Lipinski definition) is 13. The van der Waals surface area contributed by atoms with E-state index in [4.69, 9.17) is 14.2 Å². The van der Waals surface area contributed by atoms with Crippen LogP contribution in [0.2, 0.25) is 0 Å². The van der Waals surface area contributed by atoms with Crippen LogP contribution in [0.15, 0.2) is 152 Å². The molecule has 3 aliphatic rings. The maximum atomic E-state index is 16.1. The standard InChI is InChI=1S/C52H40N6O11/c59-28-29-67-38-24-20-36(21-25-38)47-52(43(48(60)61)45-49(62)69-46(35-13-5-2-6-14-35)44(57(45)47)34-11-3-1-4-12-34)39-30-32(10-9-27-55-42-16-8-7-15-40(42)53-54-55)19-26-41(39)56(50(52)63)51(64)68-31-33-17-22-37(23-18-33)58(65)66/h1-8,11-26,30,43-47,59H,27-29,31H2,(H,60,61). The van der Waals surface area contributed by atoms with Crippen molar-refractivity contribution in [3.8, 4) is 17.6 Å². The van der Waals surface area contributed by atoms with Crippen molar-refractivity contribution in [3.05, 3.63) is 195 Å². The van der Waals surface area contributed by atoms with E-state index in [2.05, 4.69) is 22.2 Å². The second-order valence-corrected chi connectivity index (χ2v) is 16.6. The molecular formula is C52H40N6O11. The molecule has 17 heteroatoms. The van der Waals surface area contributed by atoms with Gasteiger partial charge in [-0.2, -0.15) is 0 Å². The van der Waals surface area contributed by atoms with Crippen molar-refractivity contribution in [2.75, 3.05) is 18.1 Å². The van der Waals surface area contributed by atoms with Gasteiger partial charge in [0, 0.05) is 17.7 Å². The topological polar surface area (TPSA) is 217 Å². The molecule has 1 spiro atoms. The van der Waals surface area contributed by atoms with Crippen molar-refractivity contribution in [2.45, 2.75) is 42.8 Å². The molecule has 0 bridgehead atoms. The monoisotopic (exact) mass is 924 g/mol. The van der Waals surface area contributed by atoms with Gasteiger partial charge >= 0.3 is 18.0 Å². The van der Waals surface area contributed by atoms with Gasteiger partial charge in [0.1, 0.15) is 54.5 Å². The van der Waals surface area contributed by atoms with Crippen LogP contribution in [-0.2, 0) is 42.4 Å². The van der Waals surface area contributed by atoms with E-state index in [1.165, 1.54) is 30.3 Å². The molecule has 10 rings (SSSR count). The minimum atomic E-state index is -2.26. The maximum Gasteiger partial charge on any atom is 0.421 e. The highest BCUT2D eigenvalue weighted by Crippen LogP contribution is 2.66. The van der Waals surface area contributed by atoms with Gasteiger partial charge in [-0.1, -0.05) is 102 Å². The summed E-state index contributed by atoms with van der Waals surface area (Å²) < 4.78 is 19.5. The number of para-hydroxylation sites is 1. The maximum absolute atomic E-state index is 16.1. The first kappa shape index (κ1) is 44.1. The third-order valence-corrected chi connectivity index (χ3v) is 12.9. The van der Waals surface area contributed by atoms with Crippen LogP contribution in [0.1, 0.15) is 51.6 Å². The Bertz CT molecular complexity index is 3190. The van der Waals surface area contributed by atoms with Gasteiger partial charge in [0.05, 0.1) is 34.8 Å². The largest absolute Gasteiger partial charge is 0.491 e. The van der Waals surface area contributed by atoms with E-state index in [1.807, 2.05) is 72.8 Å². The number of morpholine rings is 1. The molecule has 6 atom stereocenters. The molecule has 2 amide bonds. The first-order valence-corrected chi connectivity index (χ1v) is 21.9. The van der Waals surface area contributed by atoms with Gasteiger partial charge in [-0.05, 0) is 82.4 Å². The van der Waals surface area contributed by atoms with Gasteiger partial charge < -0.3 is 24.4 Å². The van der Waals surface area contributed by atoms with Crippen LogP contribution in [0, 0.1) is 27.9 Å². The molecule has 69 heavy (non-hydrogen) atoms. The Labute approximate surface area is 393 Å². The number of hydrogen-bond donors (Lipinski definition) is 2. The Morgan fingerprint density at radius 3 is 2.22 bits per heavy atom. The molecule has 344 valence electrons. The molecule has 0 radical (unpaired) electrons. The molecule has 7 aromatic rings. The van der Waals surface area contributed by atoms with Gasteiger partial charge in [0.2, 0.25) is 5.91 Å². The van der Waals surface area contributed by atoms with E-state index < -0.39 is 71.0 Å². The number of anilines is 1. The summed E-state index contributed by atoms with van der Waals surface area (Å²) in [6.45, 7) is -0.550. The van der Waals surface area contributed by atoms with E-state index in [-0.39, 0.29) is 36.7 Å². The van der Waals surface area contributed by atoms with E-state index in [1.54, 1.807) is 58.1 Å². The number of nitro groups is 1. The van der Waals surface area contributed by atoms with Crippen molar-refractivity contribution in [2.24, 2.45) is 5.92 Å². The Balaban J connectivity index is 1.18. The summed E-state index contributed by atoms with van der Waals surface area (Å²) >= 11 is 0. The van der Waals surface area contributed by atoms with Gasteiger partial charge in [-0.25, -0.2) is 14.4 Å². The molecule has 4 heterocycles. The number of nitro benzene ring substituents is 1. The highest BCUT2D eigenvalue weighted by molar-refractivity contribution is 6.23. The van der Waals surface area contributed by atoms with Crippen LogP contribution in [0.3, 0.4) is 0 Å². The summed E-state index contributed by atoms with van der Waals surface area (Å²) in [5.41, 5.74) is 1.50. The first-order chi connectivity index (χ1) is 33.6. The van der Waals surface area contributed by atoms with Crippen LogP contribution in [0.25, 0.3) is 11.0 Å². The van der Waals surface area contributed by atoms with Crippen LogP contribution in [-0.4, -0.2) is 78.2 Å². The van der Waals surface area contributed by atoms with E-state index in [0.717, 1.165) is 10.4 Å². The van der Waals surface area contributed by atoms with Gasteiger partial charge in [-0.15, -0.1) is 5.10 Å². The molecule has 17 nitrogen and oxygen atoms in total. The molecule has 1 aromatic heterocycles. The summed E-state index contributed by atoms with van der Waals surface area (Å²) in [7, 11) is 0. The number of amides is 2. The number of non-ortho nitro benzene ring substituents is 1. The Morgan fingerprint density at radius 2 is 1.52 bits per heavy atom. The number of aliphatic hydroxyl groups is 1. The third kappa shape index (κ3) is 7.67. The normalized spacial score (nSPS) is 21.5. The quantitative estimate of drug-likeness (QED) is 0.0587. The van der Waals surface area contributed by atoms with E-state index in [0.29, 0.717) is 39.1 Å². The third-order valence-electron chi connectivity index (χ3n) is 12.9. The molecule has 3 aliphatic heterocycles. The summed E-state index contributed by atoms with van der Waals surface area (Å²) in [4.78, 5) is 73.4. The van der Waals surface area contributed by atoms with Crippen molar-refractivity contribution in [1.82, 2.24) is 19.9 Å². The zero-order valence-corrected chi connectivity index (χ0v) is 36.4. The summed E-state index contributed by atoms with van der Waals surface area (Å²) in [5.74, 6) is 1.37. The predicted molar refractivity (Wildman–Crippen MR) is 246 cm³/mol. The Kier molecular flexibility index (Phi) is 11.6. The van der Waals surface area contributed by atoms with Gasteiger partial charge in [0.15, 0.2) is 0 Å². The molecule has 0 saturated carbocycles.